The first-order valence-corrected chi connectivity index (χ1v) is 6.11. The van der Waals surface area contributed by atoms with Crippen LogP contribution < -0.4 is 4.90 Å². The van der Waals surface area contributed by atoms with Gasteiger partial charge in [-0.05, 0) is 12.5 Å². The van der Waals surface area contributed by atoms with Crippen LogP contribution in [-0.4, -0.2) is 47.0 Å². The van der Waals surface area contributed by atoms with Crippen molar-refractivity contribution in [2.24, 2.45) is 0 Å². The lowest BCUT2D eigenvalue weighted by molar-refractivity contribution is -0.131. The van der Waals surface area contributed by atoms with Crippen LogP contribution >= 0.6 is 12.4 Å². The molecule has 0 bridgehead atoms. The summed E-state index contributed by atoms with van der Waals surface area (Å²) in [4.78, 5) is 24.2. The monoisotopic (exact) mass is 270 g/mol. The maximum atomic E-state index is 11.7. The molecule has 0 aliphatic carbocycles. The first-order chi connectivity index (χ1) is 8.31. The molecule has 0 spiro atoms. The molecular weight excluding hydrogens is 252 g/mol. The molecule has 1 aliphatic rings. The van der Waals surface area contributed by atoms with Crippen LogP contribution in [0.2, 0.25) is 0 Å². The van der Waals surface area contributed by atoms with Gasteiger partial charge in [-0.15, -0.1) is 12.4 Å². The van der Waals surface area contributed by atoms with Crippen molar-refractivity contribution in [1.82, 2.24) is 14.9 Å². The van der Waals surface area contributed by atoms with Crippen molar-refractivity contribution in [2.75, 3.05) is 31.1 Å². The number of hydrogen-bond acceptors (Lipinski definition) is 4. The highest BCUT2D eigenvalue weighted by Gasteiger charge is 2.21. The van der Waals surface area contributed by atoms with Gasteiger partial charge in [-0.3, -0.25) is 4.79 Å². The SMILES string of the molecule is CCCC(=O)N1CCN(c2ncccn2)CC1.Cl. The van der Waals surface area contributed by atoms with Gasteiger partial charge >= 0.3 is 0 Å². The zero-order chi connectivity index (χ0) is 12.1. The molecule has 2 rings (SSSR count). The lowest BCUT2D eigenvalue weighted by Gasteiger charge is -2.34. The molecule has 5 nitrogen and oxygen atoms in total. The van der Waals surface area contributed by atoms with E-state index in [0.29, 0.717) is 6.42 Å². The molecule has 0 saturated carbocycles. The number of rotatable bonds is 3. The lowest BCUT2D eigenvalue weighted by Crippen LogP contribution is -2.49. The smallest absolute Gasteiger partial charge is 0.225 e. The van der Waals surface area contributed by atoms with Crippen LogP contribution in [-0.2, 0) is 4.79 Å². The second kappa shape index (κ2) is 7.16. The third-order valence-electron chi connectivity index (χ3n) is 2.93. The summed E-state index contributed by atoms with van der Waals surface area (Å²) in [5, 5.41) is 0. The summed E-state index contributed by atoms with van der Waals surface area (Å²) < 4.78 is 0. The fraction of sp³-hybridized carbons (Fsp3) is 0.583. The molecule has 100 valence electrons. The fourth-order valence-corrected chi connectivity index (χ4v) is 1.98. The number of carbonyl (C=O) groups is 1. The lowest BCUT2D eigenvalue weighted by atomic mass is 10.2. The number of aromatic nitrogens is 2. The van der Waals surface area contributed by atoms with E-state index in [1.54, 1.807) is 12.4 Å². The van der Waals surface area contributed by atoms with Gasteiger partial charge in [-0.1, -0.05) is 6.92 Å². The van der Waals surface area contributed by atoms with Crippen molar-refractivity contribution in [1.29, 1.82) is 0 Å². The van der Waals surface area contributed by atoms with E-state index in [4.69, 9.17) is 0 Å². The molecule has 1 fully saturated rings. The Labute approximate surface area is 114 Å². The van der Waals surface area contributed by atoms with Crippen molar-refractivity contribution < 1.29 is 4.79 Å². The average Bonchev–Trinajstić information content (AvgIpc) is 2.40. The average molecular weight is 271 g/mol. The van der Waals surface area contributed by atoms with Gasteiger partial charge in [0.2, 0.25) is 11.9 Å². The standard InChI is InChI=1S/C12H18N4O.ClH/c1-2-4-11(17)15-7-9-16(10-8-15)12-13-5-3-6-14-12;/h3,5-6H,2,4,7-10H2,1H3;1H. The van der Waals surface area contributed by atoms with Gasteiger partial charge in [-0.25, -0.2) is 9.97 Å². The van der Waals surface area contributed by atoms with Crippen molar-refractivity contribution >= 4 is 24.3 Å². The predicted molar refractivity (Wildman–Crippen MR) is 73.0 cm³/mol. The third-order valence-corrected chi connectivity index (χ3v) is 2.93. The molecule has 1 amide bonds. The normalized spacial score (nSPS) is 15.2. The highest BCUT2D eigenvalue weighted by Crippen LogP contribution is 2.10. The van der Waals surface area contributed by atoms with Gasteiger partial charge < -0.3 is 9.80 Å². The molecule has 1 aromatic rings. The minimum Gasteiger partial charge on any atom is -0.339 e. The van der Waals surface area contributed by atoms with Crippen LogP contribution in [0.5, 0.6) is 0 Å². The summed E-state index contributed by atoms with van der Waals surface area (Å²) in [6.45, 7) is 5.22. The number of halogens is 1. The van der Waals surface area contributed by atoms with Crippen molar-refractivity contribution in [3.63, 3.8) is 0 Å². The van der Waals surface area contributed by atoms with Crippen LogP contribution in [0, 0.1) is 0 Å². The Kier molecular flexibility index (Phi) is 5.85. The van der Waals surface area contributed by atoms with E-state index >= 15 is 0 Å². The molecule has 0 radical (unpaired) electrons. The van der Waals surface area contributed by atoms with Crippen molar-refractivity contribution in [3.8, 4) is 0 Å². The Morgan fingerprint density at radius 3 is 2.39 bits per heavy atom. The molecule has 0 unspecified atom stereocenters. The first kappa shape index (κ1) is 14.7. The molecule has 1 aromatic heterocycles. The molecule has 1 saturated heterocycles. The minimum atomic E-state index is 0. The van der Waals surface area contributed by atoms with Gasteiger partial charge in [0.1, 0.15) is 0 Å². The van der Waals surface area contributed by atoms with E-state index in [0.717, 1.165) is 38.5 Å². The van der Waals surface area contributed by atoms with Crippen LogP contribution in [0.15, 0.2) is 18.5 Å². The van der Waals surface area contributed by atoms with E-state index in [1.807, 2.05) is 17.9 Å². The van der Waals surface area contributed by atoms with E-state index in [2.05, 4.69) is 14.9 Å². The van der Waals surface area contributed by atoms with Crippen LogP contribution in [0.25, 0.3) is 0 Å². The van der Waals surface area contributed by atoms with Crippen LogP contribution in [0.4, 0.5) is 5.95 Å². The Bertz CT molecular complexity index is 366. The summed E-state index contributed by atoms with van der Waals surface area (Å²) in [5.74, 6) is 1.02. The zero-order valence-corrected chi connectivity index (χ0v) is 11.4. The van der Waals surface area contributed by atoms with E-state index < -0.39 is 0 Å². The van der Waals surface area contributed by atoms with E-state index in [-0.39, 0.29) is 18.3 Å². The summed E-state index contributed by atoms with van der Waals surface area (Å²) >= 11 is 0. The van der Waals surface area contributed by atoms with E-state index in [9.17, 15) is 4.79 Å². The Morgan fingerprint density at radius 1 is 1.22 bits per heavy atom. The van der Waals surface area contributed by atoms with Crippen LogP contribution in [0.1, 0.15) is 19.8 Å². The largest absolute Gasteiger partial charge is 0.339 e. The number of carbonyl (C=O) groups excluding carboxylic acids is 1. The molecule has 6 heteroatoms. The van der Waals surface area contributed by atoms with Crippen molar-refractivity contribution in [2.45, 2.75) is 19.8 Å². The fourth-order valence-electron chi connectivity index (χ4n) is 1.98. The molecule has 0 aromatic carbocycles. The summed E-state index contributed by atoms with van der Waals surface area (Å²) in [7, 11) is 0. The number of nitrogens with zero attached hydrogens (tertiary/aromatic N) is 4. The second-order valence-electron chi connectivity index (χ2n) is 4.17. The maximum absolute atomic E-state index is 11.7. The molecular formula is C12H19ClN4O. The topological polar surface area (TPSA) is 49.3 Å². The number of piperazine rings is 1. The predicted octanol–water partition coefficient (Wildman–Crippen LogP) is 1.35. The summed E-state index contributed by atoms with van der Waals surface area (Å²) in [6.07, 6.45) is 5.07. The summed E-state index contributed by atoms with van der Waals surface area (Å²) in [6, 6.07) is 1.81. The highest BCUT2D eigenvalue weighted by atomic mass is 35.5. The number of anilines is 1. The second-order valence-corrected chi connectivity index (χ2v) is 4.17. The van der Waals surface area contributed by atoms with Gasteiger partial charge in [-0.2, -0.15) is 0 Å². The van der Waals surface area contributed by atoms with Gasteiger partial charge in [0, 0.05) is 45.0 Å². The molecule has 1 aliphatic heterocycles. The molecule has 18 heavy (non-hydrogen) atoms. The third kappa shape index (κ3) is 3.57. The van der Waals surface area contributed by atoms with E-state index in [1.165, 1.54) is 0 Å². The first-order valence-electron chi connectivity index (χ1n) is 6.11. The van der Waals surface area contributed by atoms with Crippen LogP contribution in [0.3, 0.4) is 0 Å². The van der Waals surface area contributed by atoms with Gasteiger partial charge in [0.15, 0.2) is 0 Å². The highest BCUT2D eigenvalue weighted by molar-refractivity contribution is 5.85. The van der Waals surface area contributed by atoms with Gasteiger partial charge in [0.05, 0.1) is 0 Å². The Hall–Kier alpha value is -1.36. The maximum Gasteiger partial charge on any atom is 0.225 e. The molecule has 0 atom stereocenters. The molecule has 0 N–H and O–H groups in total. The Balaban J connectivity index is 0.00000162. The number of amides is 1. The minimum absolute atomic E-state index is 0. The zero-order valence-electron chi connectivity index (χ0n) is 10.6. The number of hydrogen-bond donors (Lipinski definition) is 0. The summed E-state index contributed by atoms with van der Waals surface area (Å²) in [5.41, 5.74) is 0. The Morgan fingerprint density at radius 2 is 1.83 bits per heavy atom. The molecule has 2 heterocycles. The van der Waals surface area contributed by atoms with Crippen molar-refractivity contribution in [3.05, 3.63) is 18.5 Å². The van der Waals surface area contributed by atoms with Gasteiger partial charge in [0.25, 0.3) is 0 Å². The quantitative estimate of drug-likeness (QED) is 0.832.